The molecule has 12 heteroatoms. The van der Waals surface area contributed by atoms with Gasteiger partial charge in [-0.25, -0.2) is 12.8 Å². The van der Waals surface area contributed by atoms with E-state index in [4.69, 9.17) is 14.4 Å². The molecule has 32 heavy (non-hydrogen) atoms. The largest absolute Gasteiger partial charge is 0.501 e. The summed E-state index contributed by atoms with van der Waals surface area (Å²) in [5.41, 5.74) is -5.92. The fraction of sp³-hybridized carbons (Fsp3) is 0.150. The standard InChI is InChI=1S/C20H13F4N3O4S/c1-11-16(3-6-19-27-26-12(2)30-19)18(32(28,29)20(22,23)24)5-4-17(11)31-15-8-13(10-25)7-14(21)9-15/h3-9H,1-2H3. The van der Waals surface area contributed by atoms with Gasteiger partial charge in [0.25, 0.3) is 9.84 Å². The van der Waals surface area contributed by atoms with Gasteiger partial charge in [0.1, 0.15) is 17.3 Å². The van der Waals surface area contributed by atoms with E-state index in [1.165, 1.54) is 19.9 Å². The normalized spacial score (nSPS) is 12.2. The van der Waals surface area contributed by atoms with Gasteiger partial charge in [0.2, 0.25) is 11.8 Å². The first-order valence-electron chi connectivity index (χ1n) is 8.74. The molecule has 0 saturated heterocycles. The number of aryl methyl sites for hydroxylation is 1. The van der Waals surface area contributed by atoms with Crippen molar-refractivity contribution in [1.82, 2.24) is 10.2 Å². The molecule has 0 aliphatic carbocycles. The zero-order valence-corrected chi connectivity index (χ0v) is 17.3. The molecule has 0 fully saturated rings. The molecule has 2 aromatic carbocycles. The molecule has 0 unspecified atom stereocenters. The second-order valence-electron chi connectivity index (χ2n) is 6.43. The summed E-state index contributed by atoms with van der Waals surface area (Å²) in [5.74, 6) is -0.784. The quantitative estimate of drug-likeness (QED) is 0.489. The zero-order valence-electron chi connectivity index (χ0n) is 16.4. The van der Waals surface area contributed by atoms with E-state index in [2.05, 4.69) is 10.2 Å². The Morgan fingerprint density at radius 3 is 2.44 bits per heavy atom. The van der Waals surface area contributed by atoms with E-state index in [9.17, 15) is 26.0 Å². The summed E-state index contributed by atoms with van der Waals surface area (Å²) in [6, 6.07) is 6.65. The Hall–Kier alpha value is -3.72. The number of hydrogen-bond donors (Lipinski definition) is 0. The molecule has 0 bridgehead atoms. The monoisotopic (exact) mass is 467 g/mol. The molecule has 0 saturated carbocycles. The minimum absolute atomic E-state index is 0.00517. The van der Waals surface area contributed by atoms with Crippen molar-refractivity contribution < 1.29 is 35.1 Å². The van der Waals surface area contributed by atoms with Gasteiger partial charge in [0.15, 0.2) is 0 Å². The fourth-order valence-corrected chi connectivity index (χ4v) is 3.71. The van der Waals surface area contributed by atoms with E-state index < -0.39 is 26.1 Å². The van der Waals surface area contributed by atoms with Gasteiger partial charge in [-0.2, -0.15) is 18.4 Å². The highest BCUT2D eigenvalue weighted by molar-refractivity contribution is 7.92. The lowest BCUT2D eigenvalue weighted by Gasteiger charge is -2.16. The lowest BCUT2D eigenvalue weighted by molar-refractivity contribution is -0.0436. The summed E-state index contributed by atoms with van der Waals surface area (Å²) in [4.78, 5) is -1.01. The Morgan fingerprint density at radius 1 is 1.12 bits per heavy atom. The Bertz CT molecular complexity index is 1360. The van der Waals surface area contributed by atoms with Crippen LogP contribution in [0.1, 0.15) is 28.5 Å². The topological polar surface area (TPSA) is 106 Å². The molecule has 166 valence electrons. The third-order valence-electron chi connectivity index (χ3n) is 4.18. The van der Waals surface area contributed by atoms with Crippen LogP contribution in [-0.4, -0.2) is 24.1 Å². The van der Waals surface area contributed by atoms with E-state index in [0.717, 1.165) is 36.4 Å². The molecule has 0 amide bonds. The van der Waals surface area contributed by atoms with Crippen molar-refractivity contribution in [3.05, 3.63) is 64.6 Å². The van der Waals surface area contributed by atoms with Crippen LogP contribution in [0.4, 0.5) is 17.6 Å². The van der Waals surface area contributed by atoms with Gasteiger partial charge in [-0.05, 0) is 37.3 Å². The van der Waals surface area contributed by atoms with Gasteiger partial charge in [-0.1, -0.05) is 0 Å². The minimum atomic E-state index is -5.71. The highest BCUT2D eigenvalue weighted by Crippen LogP contribution is 2.38. The van der Waals surface area contributed by atoms with Crippen molar-refractivity contribution in [3.63, 3.8) is 0 Å². The molecule has 0 aliphatic heterocycles. The number of nitrogens with zero attached hydrogens (tertiary/aromatic N) is 3. The highest BCUT2D eigenvalue weighted by atomic mass is 32.2. The second-order valence-corrected chi connectivity index (χ2v) is 8.34. The molecule has 0 radical (unpaired) electrons. The molecule has 7 nitrogen and oxygen atoms in total. The third kappa shape index (κ3) is 4.62. The van der Waals surface area contributed by atoms with Crippen LogP contribution >= 0.6 is 0 Å². The van der Waals surface area contributed by atoms with Crippen LogP contribution in [0.2, 0.25) is 0 Å². The summed E-state index contributed by atoms with van der Waals surface area (Å²) >= 11 is 0. The number of rotatable bonds is 5. The Balaban J connectivity index is 2.15. The number of nitriles is 1. The lowest BCUT2D eigenvalue weighted by Crippen LogP contribution is -2.24. The maximum absolute atomic E-state index is 13.7. The lowest BCUT2D eigenvalue weighted by atomic mass is 10.1. The maximum atomic E-state index is 13.7. The Labute approximate surface area is 179 Å². The molecule has 0 atom stereocenters. The molecule has 1 heterocycles. The number of halogens is 4. The van der Waals surface area contributed by atoms with Crippen molar-refractivity contribution >= 4 is 22.0 Å². The minimum Gasteiger partial charge on any atom is -0.457 e. The van der Waals surface area contributed by atoms with E-state index in [1.54, 1.807) is 6.07 Å². The van der Waals surface area contributed by atoms with Gasteiger partial charge in [-0.3, -0.25) is 0 Å². The summed E-state index contributed by atoms with van der Waals surface area (Å²) in [6.07, 6.45) is 2.22. The fourth-order valence-electron chi connectivity index (χ4n) is 2.71. The molecule has 0 aliphatic rings. The number of aromatic nitrogens is 2. The summed E-state index contributed by atoms with van der Waals surface area (Å²) in [5, 5.41) is 16.2. The van der Waals surface area contributed by atoms with Crippen molar-refractivity contribution in [2.24, 2.45) is 0 Å². The van der Waals surface area contributed by atoms with Crippen LogP contribution in [-0.2, 0) is 9.84 Å². The van der Waals surface area contributed by atoms with Crippen LogP contribution < -0.4 is 4.74 Å². The van der Waals surface area contributed by atoms with Gasteiger partial charge in [0.05, 0.1) is 16.5 Å². The summed E-state index contributed by atoms with van der Waals surface area (Å²) in [6.45, 7) is 2.83. The van der Waals surface area contributed by atoms with Gasteiger partial charge in [0, 0.05) is 30.2 Å². The predicted molar refractivity (Wildman–Crippen MR) is 104 cm³/mol. The average molecular weight is 467 g/mol. The predicted octanol–water partition coefficient (Wildman–Crippen LogP) is 4.95. The van der Waals surface area contributed by atoms with E-state index in [-0.39, 0.29) is 40.0 Å². The number of hydrogen-bond acceptors (Lipinski definition) is 7. The average Bonchev–Trinajstić information content (AvgIpc) is 3.12. The van der Waals surface area contributed by atoms with Gasteiger partial charge < -0.3 is 9.15 Å². The highest BCUT2D eigenvalue weighted by Gasteiger charge is 2.48. The first kappa shape index (κ1) is 23.0. The summed E-state index contributed by atoms with van der Waals surface area (Å²) in [7, 11) is -5.71. The van der Waals surface area contributed by atoms with Crippen LogP contribution in [0.5, 0.6) is 11.5 Å². The molecule has 1 aromatic heterocycles. The molecule has 3 rings (SSSR count). The first-order valence-corrected chi connectivity index (χ1v) is 10.2. The van der Waals surface area contributed by atoms with E-state index in [0.29, 0.717) is 0 Å². The molecular weight excluding hydrogens is 454 g/mol. The van der Waals surface area contributed by atoms with Crippen LogP contribution in [0.25, 0.3) is 12.2 Å². The van der Waals surface area contributed by atoms with Crippen molar-refractivity contribution in [2.75, 3.05) is 0 Å². The second kappa shape index (κ2) is 8.43. The molecule has 0 spiro atoms. The van der Waals surface area contributed by atoms with E-state index in [1.807, 2.05) is 0 Å². The smallest absolute Gasteiger partial charge is 0.457 e. The summed E-state index contributed by atoms with van der Waals surface area (Å²) < 4.78 is 88.2. The van der Waals surface area contributed by atoms with Crippen LogP contribution in [0.3, 0.4) is 0 Å². The van der Waals surface area contributed by atoms with Gasteiger partial charge >= 0.3 is 5.51 Å². The van der Waals surface area contributed by atoms with Gasteiger partial charge in [-0.15, -0.1) is 10.2 Å². The van der Waals surface area contributed by atoms with Crippen LogP contribution in [0, 0.1) is 31.0 Å². The third-order valence-corrected chi connectivity index (χ3v) is 5.73. The van der Waals surface area contributed by atoms with E-state index >= 15 is 0 Å². The molecular formula is C20H13F4N3O4S. The number of sulfone groups is 1. The number of benzene rings is 2. The van der Waals surface area contributed by atoms with Crippen LogP contribution in [0.15, 0.2) is 39.6 Å². The molecule has 0 N–H and O–H groups in total. The van der Waals surface area contributed by atoms with Crippen molar-refractivity contribution in [1.29, 1.82) is 5.26 Å². The maximum Gasteiger partial charge on any atom is 0.501 e. The number of ether oxygens (including phenoxy) is 1. The van der Waals surface area contributed by atoms with Crippen molar-refractivity contribution in [2.45, 2.75) is 24.3 Å². The zero-order chi connectivity index (χ0) is 23.7. The molecule has 3 aromatic rings. The first-order chi connectivity index (χ1) is 14.9. The van der Waals surface area contributed by atoms with Crippen molar-refractivity contribution in [3.8, 4) is 17.6 Å². The Morgan fingerprint density at radius 2 is 1.84 bits per heavy atom. The SMILES string of the molecule is Cc1nnc(C=Cc2c(S(=O)(=O)C(F)(F)F)ccc(Oc3cc(F)cc(C#N)c3)c2C)o1. The Kier molecular flexibility index (Phi) is 6.05. The number of alkyl halides is 3.